The number of rotatable bonds is 5. The van der Waals surface area contributed by atoms with Gasteiger partial charge >= 0.3 is 11.9 Å². The number of ketones is 1. The Balaban J connectivity index is 1.62. The van der Waals surface area contributed by atoms with E-state index in [1.165, 1.54) is 26.8 Å². The zero-order chi connectivity index (χ0) is 30.4. The van der Waals surface area contributed by atoms with Crippen molar-refractivity contribution in [1.82, 2.24) is 0 Å². The third-order valence-corrected chi connectivity index (χ3v) is 12.0. The molecule has 228 valence electrons. The second-order valence-electron chi connectivity index (χ2n) is 13.4. The molecule has 3 saturated carbocycles. The Bertz CT molecular complexity index is 1220. The number of carbonyl (C=O) groups excluding carboxylic acids is 3. The topological polar surface area (TPSA) is 191 Å². The number of hydrogen-bond acceptors (Lipinski definition) is 11. The molecule has 0 aromatic rings. The Morgan fingerprint density at radius 3 is 2.46 bits per heavy atom. The average Bonchev–Trinajstić information content (AvgIpc) is 3.16. The second kappa shape index (κ2) is 9.42. The lowest BCUT2D eigenvalue weighted by molar-refractivity contribution is -0.312. The third-order valence-electron chi connectivity index (χ3n) is 12.0. The van der Waals surface area contributed by atoms with Crippen molar-refractivity contribution in [2.75, 3.05) is 13.2 Å². The van der Waals surface area contributed by atoms with Crippen LogP contribution in [0.4, 0.5) is 0 Å². The fourth-order valence-corrected chi connectivity index (χ4v) is 9.35. The molecule has 0 saturated heterocycles. The zero-order valence-electron chi connectivity index (χ0n) is 24.1. The van der Waals surface area contributed by atoms with E-state index in [0.29, 0.717) is 5.57 Å². The summed E-state index contributed by atoms with van der Waals surface area (Å²) in [5.74, 6) is -3.16. The lowest BCUT2D eigenvalue weighted by atomic mass is 9.40. The van der Waals surface area contributed by atoms with Gasteiger partial charge in [-0.15, -0.1) is 0 Å². The van der Waals surface area contributed by atoms with Crippen LogP contribution in [0.5, 0.6) is 0 Å². The Morgan fingerprint density at radius 1 is 1.15 bits per heavy atom. The first-order chi connectivity index (χ1) is 19.0. The van der Waals surface area contributed by atoms with Gasteiger partial charge in [0, 0.05) is 18.9 Å². The third kappa shape index (κ3) is 3.62. The van der Waals surface area contributed by atoms with Crippen molar-refractivity contribution in [3.63, 3.8) is 0 Å². The normalized spacial score (nSPS) is 47.2. The summed E-state index contributed by atoms with van der Waals surface area (Å²) in [5, 5.41) is 70.2. The first kappa shape index (κ1) is 30.3. The fourth-order valence-electron chi connectivity index (χ4n) is 9.35. The molecule has 0 aromatic heterocycles. The van der Waals surface area contributed by atoms with Crippen molar-refractivity contribution < 1.29 is 54.5 Å². The maximum atomic E-state index is 13.4. The van der Waals surface area contributed by atoms with Gasteiger partial charge in [0.2, 0.25) is 0 Å². The fraction of sp³-hybridized carbons (Fsp3) is 0.767. The lowest BCUT2D eigenvalue weighted by Gasteiger charge is -2.67. The summed E-state index contributed by atoms with van der Waals surface area (Å²) in [5.41, 5.74) is -10.5. The van der Waals surface area contributed by atoms with E-state index in [2.05, 4.69) is 0 Å². The minimum absolute atomic E-state index is 0.00570. The molecule has 0 bridgehead atoms. The highest BCUT2D eigenvalue weighted by atomic mass is 16.6. The SMILES string of the molecule is CC(=O)OC[C@]12CC[C@@H]3[C@@H](C[C@@H](O)[C@]4(O)CC=CC(=O)[C@@]34C)[C@@]1(O)CC[C@@]2(O)[C@@](C)(O)[C@@H]1CC(CO)=C(C)C(=O)O1. The van der Waals surface area contributed by atoms with E-state index >= 15 is 0 Å². The van der Waals surface area contributed by atoms with Crippen molar-refractivity contribution in [3.8, 4) is 0 Å². The molecule has 3 fully saturated rings. The van der Waals surface area contributed by atoms with Crippen molar-refractivity contribution in [2.24, 2.45) is 22.7 Å². The number of ether oxygens (including phenoxy) is 2. The number of esters is 2. The highest BCUT2D eigenvalue weighted by Crippen LogP contribution is 2.71. The molecule has 1 aliphatic heterocycles. The quantitative estimate of drug-likeness (QED) is 0.245. The highest BCUT2D eigenvalue weighted by molar-refractivity contribution is 5.97. The Kier molecular flexibility index (Phi) is 6.97. The lowest BCUT2D eigenvalue weighted by Crippen LogP contribution is -2.77. The molecule has 0 aromatic carbocycles. The van der Waals surface area contributed by atoms with Gasteiger partial charge in [0.25, 0.3) is 0 Å². The summed E-state index contributed by atoms with van der Waals surface area (Å²) in [7, 11) is 0. The van der Waals surface area contributed by atoms with Gasteiger partial charge in [0.05, 0.1) is 29.1 Å². The van der Waals surface area contributed by atoms with Gasteiger partial charge in [0.1, 0.15) is 29.5 Å². The second-order valence-corrected chi connectivity index (χ2v) is 13.4. The molecular formula is C30H42O11. The van der Waals surface area contributed by atoms with Crippen LogP contribution >= 0.6 is 0 Å². The van der Waals surface area contributed by atoms with Gasteiger partial charge in [-0.2, -0.15) is 0 Å². The van der Waals surface area contributed by atoms with Crippen LogP contribution in [0.1, 0.15) is 72.6 Å². The van der Waals surface area contributed by atoms with Gasteiger partial charge in [-0.25, -0.2) is 4.79 Å². The molecule has 6 N–H and O–H groups in total. The minimum atomic E-state index is -2.18. The number of aliphatic hydroxyl groups is 6. The Morgan fingerprint density at radius 2 is 1.83 bits per heavy atom. The summed E-state index contributed by atoms with van der Waals surface area (Å²) in [4.78, 5) is 38.1. The van der Waals surface area contributed by atoms with E-state index in [9.17, 15) is 45.0 Å². The molecule has 0 unspecified atom stereocenters. The molecule has 11 nitrogen and oxygen atoms in total. The largest absolute Gasteiger partial charge is 0.465 e. The van der Waals surface area contributed by atoms with Crippen molar-refractivity contribution in [1.29, 1.82) is 0 Å². The number of carbonyl (C=O) groups is 3. The van der Waals surface area contributed by atoms with Crippen LogP contribution in [0.3, 0.4) is 0 Å². The van der Waals surface area contributed by atoms with Crippen LogP contribution in [0.25, 0.3) is 0 Å². The highest BCUT2D eigenvalue weighted by Gasteiger charge is 2.80. The Hall–Kier alpha value is -2.15. The summed E-state index contributed by atoms with van der Waals surface area (Å²) in [6, 6.07) is 0. The molecular weight excluding hydrogens is 536 g/mol. The summed E-state index contributed by atoms with van der Waals surface area (Å²) in [6.07, 6.45) is 0.199. The predicted molar refractivity (Wildman–Crippen MR) is 142 cm³/mol. The maximum absolute atomic E-state index is 13.4. The molecule has 4 aliphatic carbocycles. The van der Waals surface area contributed by atoms with Crippen molar-refractivity contribution >= 4 is 17.7 Å². The Labute approximate surface area is 238 Å². The predicted octanol–water partition coefficient (Wildman–Crippen LogP) is 0.224. The molecule has 1 heterocycles. The van der Waals surface area contributed by atoms with Crippen LogP contribution in [0.15, 0.2) is 23.3 Å². The number of hydrogen-bond donors (Lipinski definition) is 6. The first-order valence-corrected chi connectivity index (χ1v) is 14.4. The van der Waals surface area contributed by atoms with Crippen LogP contribution in [-0.2, 0) is 23.9 Å². The summed E-state index contributed by atoms with van der Waals surface area (Å²) < 4.78 is 11.0. The van der Waals surface area contributed by atoms with E-state index in [1.54, 1.807) is 13.0 Å². The van der Waals surface area contributed by atoms with Crippen LogP contribution in [-0.4, -0.2) is 96.2 Å². The van der Waals surface area contributed by atoms with Crippen molar-refractivity contribution in [2.45, 2.75) is 107 Å². The molecule has 0 spiro atoms. The smallest absolute Gasteiger partial charge is 0.334 e. The van der Waals surface area contributed by atoms with Gasteiger partial charge in [-0.05, 0) is 82.8 Å². The average molecular weight is 579 g/mol. The standard InChI is InChI=1S/C30H42O11/c1-16-18(14-31)12-23(41-24(16)35)26(4,36)30(39)11-10-28(37)20-13-22(34)29(38)8-5-6-21(33)25(29,3)19(20)7-9-27(28,30)15-40-17(2)32/h5-6,19-20,22-23,31,34,36-39H,7-15H2,1-4H3/t19-,20-,22-,23+,25-,26+,27-,28+,29-,30-/m1/s1. The van der Waals surface area contributed by atoms with E-state index < -0.39 is 82.4 Å². The van der Waals surface area contributed by atoms with Crippen molar-refractivity contribution in [3.05, 3.63) is 23.3 Å². The summed E-state index contributed by atoms with van der Waals surface area (Å²) >= 11 is 0. The molecule has 41 heavy (non-hydrogen) atoms. The zero-order valence-corrected chi connectivity index (χ0v) is 24.1. The van der Waals surface area contributed by atoms with Gasteiger partial charge in [-0.1, -0.05) is 6.08 Å². The van der Waals surface area contributed by atoms with E-state index in [0.717, 1.165) is 0 Å². The number of fused-ring (bicyclic) bond motifs is 5. The summed E-state index contributed by atoms with van der Waals surface area (Å²) in [6.45, 7) is 4.71. The van der Waals surface area contributed by atoms with Crippen LogP contribution in [0, 0.1) is 22.7 Å². The van der Waals surface area contributed by atoms with E-state index in [1.807, 2.05) is 0 Å². The number of cyclic esters (lactones) is 1. The molecule has 5 rings (SSSR count). The maximum Gasteiger partial charge on any atom is 0.334 e. The molecule has 10 atom stereocenters. The molecule has 11 heteroatoms. The monoisotopic (exact) mass is 578 g/mol. The number of allylic oxidation sites excluding steroid dienone is 1. The minimum Gasteiger partial charge on any atom is -0.465 e. The van der Waals surface area contributed by atoms with E-state index in [4.69, 9.17) is 9.47 Å². The molecule has 0 radical (unpaired) electrons. The van der Waals surface area contributed by atoms with Crippen LogP contribution < -0.4 is 0 Å². The van der Waals surface area contributed by atoms with E-state index in [-0.39, 0.29) is 56.3 Å². The van der Waals surface area contributed by atoms with Crippen LogP contribution in [0.2, 0.25) is 0 Å². The van der Waals surface area contributed by atoms with Gasteiger partial charge in [-0.3, -0.25) is 9.59 Å². The molecule has 5 aliphatic rings. The van der Waals surface area contributed by atoms with Gasteiger partial charge < -0.3 is 40.1 Å². The first-order valence-electron chi connectivity index (χ1n) is 14.4. The number of aliphatic hydroxyl groups excluding tert-OH is 2. The van der Waals surface area contributed by atoms with Gasteiger partial charge in [0.15, 0.2) is 5.78 Å². The molecule has 0 amide bonds.